The number of hydrogen-bond acceptors (Lipinski definition) is 4. The van der Waals surface area contributed by atoms with E-state index in [-0.39, 0.29) is 24.2 Å². The van der Waals surface area contributed by atoms with Crippen LogP contribution >= 0.6 is 12.4 Å². The molecule has 0 unspecified atom stereocenters. The monoisotopic (exact) mass is 333 g/mol. The van der Waals surface area contributed by atoms with Crippen molar-refractivity contribution in [3.63, 3.8) is 0 Å². The molecule has 7 heteroatoms. The average molecular weight is 334 g/mol. The first-order valence-corrected chi connectivity index (χ1v) is 6.90. The minimum absolute atomic E-state index is 0. The number of halogens is 1. The van der Waals surface area contributed by atoms with Crippen molar-refractivity contribution in [1.29, 1.82) is 0 Å². The largest absolute Gasteiger partial charge is 0.491 e. The molecule has 3 rings (SSSR count). The Morgan fingerprint density at radius 2 is 2.17 bits per heavy atom. The zero-order valence-corrected chi connectivity index (χ0v) is 13.3. The smallest absolute Gasteiger partial charge is 0.257 e. The quantitative estimate of drug-likeness (QED) is 0.916. The maximum atomic E-state index is 12.1. The van der Waals surface area contributed by atoms with Gasteiger partial charge in [-0.1, -0.05) is 0 Å². The summed E-state index contributed by atoms with van der Waals surface area (Å²) in [5, 5.41) is 2.79. The summed E-state index contributed by atoms with van der Waals surface area (Å²) in [7, 11) is 1.70. The second-order valence-corrected chi connectivity index (χ2v) is 4.93. The van der Waals surface area contributed by atoms with E-state index in [1.54, 1.807) is 48.5 Å². The Bertz CT molecular complexity index is 722. The number of anilines is 2. The number of benzene rings is 1. The molecular formula is C16H16ClN3O3. The van der Waals surface area contributed by atoms with Gasteiger partial charge in [0.15, 0.2) is 0 Å². The molecule has 2 heterocycles. The van der Waals surface area contributed by atoms with Crippen molar-refractivity contribution >= 4 is 35.6 Å². The maximum Gasteiger partial charge on any atom is 0.257 e. The summed E-state index contributed by atoms with van der Waals surface area (Å²) < 4.78 is 5.55. The molecule has 0 fully saturated rings. The third-order valence-electron chi connectivity index (χ3n) is 3.45. The summed E-state index contributed by atoms with van der Waals surface area (Å²) in [6.45, 7) is 0.359. The summed E-state index contributed by atoms with van der Waals surface area (Å²) in [6, 6.07) is 8.61. The summed E-state index contributed by atoms with van der Waals surface area (Å²) in [6.07, 6.45) is 3.44. The van der Waals surface area contributed by atoms with Gasteiger partial charge in [-0.2, -0.15) is 0 Å². The van der Waals surface area contributed by atoms with Gasteiger partial charge in [0.1, 0.15) is 5.75 Å². The van der Waals surface area contributed by atoms with Crippen LogP contribution in [0.1, 0.15) is 16.8 Å². The van der Waals surface area contributed by atoms with Crippen molar-refractivity contribution in [3.05, 3.63) is 48.3 Å². The predicted octanol–water partition coefficient (Wildman–Crippen LogP) is 2.50. The lowest BCUT2D eigenvalue weighted by Gasteiger charge is -2.17. The number of carbonyl (C=O) groups is 2. The Hall–Kier alpha value is -2.60. The third kappa shape index (κ3) is 3.60. The van der Waals surface area contributed by atoms with Crippen molar-refractivity contribution in [2.24, 2.45) is 0 Å². The molecule has 0 atom stereocenters. The van der Waals surface area contributed by atoms with Crippen LogP contribution in [-0.2, 0) is 4.79 Å². The molecule has 0 spiro atoms. The van der Waals surface area contributed by atoms with E-state index in [1.165, 1.54) is 6.20 Å². The highest BCUT2D eigenvalue weighted by atomic mass is 35.5. The van der Waals surface area contributed by atoms with Crippen LogP contribution in [0.3, 0.4) is 0 Å². The predicted molar refractivity (Wildman–Crippen MR) is 89.4 cm³/mol. The second-order valence-electron chi connectivity index (χ2n) is 4.93. The van der Waals surface area contributed by atoms with Gasteiger partial charge in [-0.05, 0) is 30.3 Å². The Morgan fingerprint density at radius 3 is 2.91 bits per heavy atom. The molecule has 1 aliphatic rings. The van der Waals surface area contributed by atoms with Crippen LogP contribution in [0.4, 0.5) is 11.4 Å². The molecule has 1 aromatic heterocycles. The molecule has 0 saturated carbocycles. The number of rotatable bonds is 2. The van der Waals surface area contributed by atoms with Gasteiger partial charge in [-0.15, -0.1) is 12.4 Å². The van der Waals surface area contributed by atoms with Gasteiger partial charge in [0, 0.05) is 25.1 Å². The van der Waals surface area contributed by atoms with Gasteiger partial charge in [-0.25, -0.2) is 0 Å². The molecule has 1 aromatic carbocycles. The highest BCUT2D eigenvalue weighted by molar-refractivity contribution is 6.05. The van der Waals surface area contributed by atoms with Crippen LogP contribution in [0.2, 0.25) is 0 Å². The Kier molecular flexibility index (Phi) is 5.18. The van der Waals surface area contributed by atoms with Gasteiger partial charge < -0.3 is 15.0 Å². The van der Waals surface area contributed by atoms with E-state index >= 15 is 0 Å². The number of amides is 2. The van der Waals surface area contributed by atoms with Crippen molar-refractivity contribution in [2.75, 3.05) is 23.9 Å². The van der Waals surface area contributed by atoms with E-state index in [0.29, 0.717) is 35.7 Å². The fourth-order valence-corrected chi connectivity index (χ4v) is 2.23. The number of fused-ring (bicyclic) bond motifs is 1. The fraction of sp³-hybridized carbons (Fsp3) is 0.188. The van der Waals surface area contributed by atoms with Gasteiger partial charge in [-0.3, -0.25) is 14.6 Å². The van der Waals surface area contributed by atoms with Gasteiger partial charge >= 0.3 is 0 Å². The molecule has 120 valence electrons. The lowest BCUT2D eigenvalue weighted by atomic mass is 10.2. The van der Waals surface area contributed by atoms with Crippen LogP contribution < -0.4 is 15.0 Å². The van der Waals surface area contributed by atoms with Gasteiger partial charge in [0.2, 0.25) is 5.91 Å². The topological polar surface area (TPSA) is 71.5 Å². The number of carbonyl (C=O) groups excluding carboxylic acids is 2. The van der Waals surface area contributed by atoms with E-state index in [1.807, 2.05) is 0 Å². The van der Waals surface area contributed by atoms with E-state index in [2.05, 4.69) is 10.3 Å². The number of aromatic nitrogens is 1. The third-order valence-corrected chi connectivity index (χ3v) is 3.45. The number of ether oxygens (including phenoxy) is 1. The molecule has 6 nitrogen and oxygen atoms in total. The Balaban J connectivity index is 0.00000192. The molecule has 0 aliphatic carbocycles. The first-order chi connectivity index (χ1) is 10.6. The maximum absolute atomic E-state index is 12.1. The lowest BCUT2D eigenvalue weighted by molar-refractivity contribution is -0.118. The van der Waals surface area contributed by atoms with E-state index in [0.717, 1.165) is 0 Å². The van der Waals surface area contributed by atoms with E-state index in [9.17, 15) is 9.59 Å². The minimum atomic E-state index is -0.253. The molecule has 0 saturated heterocycles. The molecule has 0 radical (unpaired) electrons. The minimum Gasteiger partial charge on any atom is -0.491 e. The van der Waals surface area contributed by atoms with Crippen LogP contribution in [0.25, 0.3) is 0 Å². The molecule has 0 bridgehead atoms. The van der Waals surface area contributed by atoms with Crippen LogP contribution in [0.15, 0.2) is 42.7 Å². The molecule has 2 aromatic rings. The zero-order chi connectivity index (χ0) is 15.5. The zero-order valence-electron chi connectivity index (χ0n) is 12.5. The SMILES string of the molecule is CN1C(=O)CCOc2ccc(NC(=O)c3cccnc3)cc21.Cl. The van der Waals surface area contributed by atoms with Crippen LogP contribution in [0.5, 0.6) is 5.75 Å². The standard InChI is InChI=1S/C16H15N3O3.ClH/c1-19-13-9-12(4-5-14(13)22-8-6-15(19)20)18-16(21)11-3-2-7-17-10-11;/h2-5,7,9-10H,6,8H2,1H3,(H,18,21);1H. The van der Waals surface area contributed by atoms with Gasteiger partial charge in [0.05, 0.1) is 24.3 Å². The van der Waals surface area contributed by atoms with Crippen LogP contribution in [-0.4, -0.2) is 30.5 Å². The van der Waals surface area contributed by atoms with Crippen molar-refractivity contribution in [2.45, 2.75) is 6.42 Å². The van der Waals surface area contributed by atoms with Crippen molar-refractivity contribution in [1.82, 2.24) is 4.98 Å². The molecule has 23 heavy (non-hydrogen) atoms. The number of nitrogens with one attached hydrogen (secondary N) is 1. The summed E-state index contributed by atoms with van der Waals surface area (Å²) in [5.74, 6) is 0.360. The average Bonchev–Trinajstić information content (AvgIpc) is 2.68. The molecule has 1 aliphatic heterocycles. The van der Waals surface area contributed by atoms with Crippen molar-refractivity contribution in [3.8, 4) is 5.75 Å². The highest BCUT2D eigenvalue weighted by Gasteiger charge is 2.20. The van der Waals surface area contributed by atoms with E-state index < -0.39 is 0 Å². The number of nitrogens with zero attached hydrogens (tertiary/aromatic N) is 2. The lowest BCUT2D eigenvalue weighted by Crippen LogP contribution is -2.25. The van der Waals surface area contributed by atoms with Crippen molar-refractivity contribution < 1.29 is 14.3 Å². The Labute approximate surface area is 139 Å². The first-order valence-electron chi connectivity index (χ1n) is 6.90. The normalized spacial score (nSPS) is 13.3. The Morgan fingerprint density at radius 1 is 1.35 bits per heavy atom. The number of pyridine rings is 1. The highest BCUT2D eigenvalue weighted by Crippen LogP contribution is 2.33. The van der Waals surface area contributed by atoms with Crippen LogP contribution in [0, 0.1) is 0 Å². The van der Waals surface area contributed by atoms with Gasteiger partial charge in [0.25, 0.3) is 5.91 Å². The number of hydrogen-bond donors (Lipinski definition) is 1. The molecule has 2 amide bonds. The fourth-order valence-electron chi connectivity index (χ4n) is 2.23. The molecular weight excluding hydrogens is 318 g/mol. The first kappa shape index (κ1) is 16.8. The second kappa shape index (κ2) is 7.11. The summed E-state index contributed by atoms with van der Waals surface area (Å²) in [4.78, 5) is 29.5. The summed E-state index contributed by atoms with van der Waals surface area (Å²) in [5.41, 5.74) is 1.71. The van der Waals surface area contributed by atoms with E-state index in [4.69, 9.17) is 4.74 Å². The summed E-state index contributed by atoms with van der Waals surface area (Å²) >= 11 is 0. The molecule has 1 N–H and O–H groups in total.